The molecule has 3 nitrogen and oxygen atoms in total. The molecule has 0 amide bonds. The lowest BCUT2D eigenvalue weighted by Gasteiger charge is -2.17. The van der Waals surface area contributed by atoms with Crippen molar-refractivity contribution in [1.29, 1.82) is 0 Å². The minimum absolute atomic E-state index is 0.878. The Balaban J connectivity index is 1.70. The van der Waals surface area contributed by atoms with E-state index < -0.39 is 0 Å². The Morgan fingerprint density at radius 2 is 1.89 bits per heavy atom. The predicted molar refractivity (Wildman–Crippen MR) is 81.0 cm³/mol. The lowest BCUT2D eigenvalue weighted by molar-refractivity contribution is 0.949. The first-order valence-corrected chi connectivity index (χ1v) is 7.71. The fourth-order valence-corrected chi connectivity index (χ4v) is 3.33. The first-order chi connectivity index (χ1) is 8.81. The normalized spacial score (nSPS) is 15.1. The fraction of sp³-hybridized carbons (Fsp3) is 0.308. The van der Waals surface area contributed by atoms with E-state index in [1.54, 1.807) is 11.3 Å². The highest BCUT2D eigenvalue weighted by molar-refractivity contribution is 9.10. The second-order valence-electron chi connectivity index (χ2n) is 4.34. The van der Waals surface area contributed by atoms with Crippen LogP contribution in [0.4, 0.5) is 16.5 Å². The van der Waals surface area contributed by atoms with Crippen LogP contribution in [0.3, 0.4) is 0 Å². The van der Waals surface area contributed by atoms with Gasteiger partial charge < -0.3 is 10.2 Å². The molecule has 0 unspecified atom stereocenters. The van der Waals surface area contributed by atoms with Gasteiger partial charge in [-0.15, -0.1) is 11.3 Å². The van der Waals surface area contributed by atoms with Gasteiger partial charge in [0, 0.05) is 29.8 Å². The van der Waals surface area contributed by atoms with Crippen LogP contribution in [-0.4, -0.2) is 18.1 Å². The maximum absolute atomic E-state index is 4.32. The Labute approximate surface area is 119 Å². The highest BCUT2D eigenvalue weighted by Crippen LogP contribution is 2.26. The molecule has 1 fully saturated rings. The number of halogens is 1. The summed E-state index contributed by atoms with van der Waals surface area (Å²) in [6.45, 7) is 2.37. The molecular formula is C13H14BrN3S. The largest absolute Gasteiger partial charge is 0.372 e. The van der Waals surface area contributed by atoms with Crippen molar-refractivity contribution in [2.24, 2.45) is 0 Å². The summed E-state index contributed by atoms with van der Waals surface area (Å²) in [5.74, 6) is 0. The summed E-state index contributed by atoms with van der Waals surface area (Å²) < 4.78 is 0.878. The molecule has 0 atom stereocenters. The summed E-state index contributed by atoms with van der Waals surface area (Å²) in [4.78, 5) is 6.75. The Hall–Kier alpha value is -1.07. The predicted octanol–water partition coefficient (Wildman–Crippen LogP) is 4.25. The molecule has 3 rings (SSSR count). The lowest BCUT2D eigenvalue weighted by Crippen LogP contribution is -2.17. The molecule has 1 aliphatic heterocycles. The zero-order chi connectivity index (χ0) is 12.4. The number of thiazole rings is 1. The van der Waals surface area contributed by atoms with Crippen LogP contribution < -0.4 is 10.2 Å². The Morgan fingerprint density at radius 1 is 1.17 bits per heavy atom. The molecule has 18 heavy (non-hydrogen) atoms. The van der Waals surface area contributed by atoms with E-state index in [2.05, 4.69) is 55.4 Å². The first kappa shape index (κ1) is 12.0. The topological polar surface area (TPSA) is 28.2 Å². The van der Waals surface area contributed by atoms with E-state index in [9.17, 15) is 0 Å². The van der Waals surface area contributed by atoms with Crippen molar-refractivity contribution in [2.75, 3.05) is 23.3 Å². The average molecular weight is 324 g/mol. The Bertz CT molecular complexity index is 517. The van der Waals surface area contributed by atoms with Gasteiger partial charge in [0.25, 0.3) is 0 Å². The molecular weight excluding hydrogens is 310 g/mol. The minimum atomic E-state index is 0.878. The van der Waals surface area contributed by atoms with Crippen molar-refractivity contribution in [3.63, 3.8) is 0 Å². The zero-order valence-corrected chi connectivity index (χ0v) is 12.3. The van der Waals surface area contributed by atoms with Gasteiger partial charge in [-0.05, 0) is 53.0 Å². The highest BCUT2D eigenvalue weighted by atomic mass is 79.9. The van der Waals surface area contributed by atoms with Crippen molar-refractivity contribution in [3.05, 3.63) is 34.2 Å². The molecule has 1 saturated heterocycles. The van der Waals surface area contributed by atoms with Gasteiger partial charge in [-0.1, -0.05) is 0 Å². The van der Waals surface area contributed by atoms with Crippen molar-refractivity contribution >= 4 is 43.8 Å². The van der Waals surface area contributed by atoms with Crippen LogP contribution in [0.2, 0.25) is 0 Å². The van der Waals surface area contributed by atoms with Crippen molar-refractivity contribution in [1.82, 2.24) is 4.98 Å². The fourth-order valence-electron chi connectivity index (χ4n) is 2.17. The third-order valence-electron chi connectivity index (χ3n) is 3.07. The van der Waals surface area contributed by atoms with Crippen LogP contribution >= 0.6 is 27.3 Å². The quantitative estimate of drug-likeness (QED) is 0.915. The van der Waals surface area contributed by atoms with Gasteiger partial charge in [0.1, 0.15) is 4.60 Å². The van der Waals surface area contributed by atoms with Crippen molar-refractivity contribution < 1.29 is 0 Å². The number of rotatable bonds is 3. The summed E-state index contributed by atoms with van der Waals surface area (Å²) in [5, 5.41) is 6.19. The second kappa shape index (κ2) is 5.28. The van der Waals surface area contributed by atoms with Crippen LogP contribution in [0.5, 0.6) is 0 Å². The van der Waals surface area contributed by atoms with Crippen molar-refractivity contribution in [3.8, 4) is 0 Å². The lowest BCUT2D eigenvalue weighted by atomic mass is 10.2. The zero-order valence-electron chi connectivity index (χ0n) is 9.90. The number of nitrogens with one attached hydrogen (secondary N) is 1. The number of hydrogen-bond donors (Lipinski definition) is 1. The molecule has 1 N–H and O–H groups in total. The molecule has 5 heteroatoms. The van der Waals surface area contributed by atoms with E-state index >= 15 is 0 Å². The van der Waals surface area contributed by atoms with Gasteiger partial charge in [-0.2, -0.15) is 0 Å². The van der Waals surface area contributed by atoms with Crippen LogP contribution in [0.25, 0.3) is 0 Å². The van der Waals surface area contributed by atoms with E-state index in [0.29, 0.717) is 0 Å². The molecule has 0 saturated carbocycles. The maximum Gasteiger partial charge on any atom is 0.188 e. The minimum Gasteiger partial charge on any atom is -0.372 e. The number of anilines is 3. The van der Waals surface area contributed by atoms with Crippen LogP contribution in [0, 0.1) is 0 Å². The van der Waals surface area contributed by atoms with Crippen LogP contribution in [0.15, 0.2) is 34.2 Å². The van der Waals surface area contributed by atoms with Crippen molar-refractivity contribution in [2.45, 2.75) is 12.8 Å². The smallest absolute Gasteiger partial charge is 0.188 e. The van der Waals surface area contributed by atoms with E-state index in [1.165, 1.54) is 31.6 Å². The second-order valence-corrected chi connectivity index (χ2v) is 6.01. The molecule has 0 spiro atoms. The van der Waals surface area contributed by atoms with Gasteiger partial charge in [0.05, 0.1) is 0 Å². The Morgan fingerprint density at radius 3 is 2.50 bits per heavy atom. The highest BCUT2D eigenvalue weighted by Gasteiger charge is 2.11. The van der Waals surface area contributed by atoms with Gasteiger partial charge in [0.2, 0.25) is 0 Å². The van der Waals surface area contributed by atoms with Gasteiger partial charge in [0.15, 0.2) is 5.13 Å². The number of aromatic nitrogens is 1. The molecule has 1 aromatic carbocycles. The molecule has 0 radical (unpaired) electrons. The van der Waals surface area contributed by atoms with E-state index in [4.69, 9.17) is 0 Å². The van der Waals surface area contributed by atoms with Crippen LogP contribution in [-0.2, 0) is 0 Å². The molecule has 1 aromatic heterocycles. The molecule has 0 aliphatic carbocycles. The summed E-state index contributed by atoms with van der Waals surface area (Å²) in [6.07, 6.45) is 2.63. The summed E-state index contributed by atoms with van der Waals surface area (Å²) in [6, 6.07) is 8.58. The van der Waals surface area contributed by atoms with Gasteiger partial charge in [-0.25, -0.2) is 4.98 Å². The Kier molecular flexibility index (Phi) is 3.52. The number of benzene rings is 1. The molecule has 1 aliphatic rings. The summed E-state index contributed by atoms with van der Waals surface area (Å²) in [5.41, 5.74) is 2.40. The number of nitrogens with zero attached hydrogens (tertiary/aromatic N) is 2. The van der Waals surface area contributed by atoms with E-state index in [-0.39, 0.29) is 0 Å². The molecule has 0 bridgehead atoms. The standard InChI is InChI=1S/C13H14BrN3S/c14-12-9-18-13(16-12)15-10-3-5-11(6-4-10)17-7-1-2-8-17/h3-6,9H,1-2,7-8H2,(H,15,16). The number of hydrogen-bond acceptors (Lipinski definition) is 4. The molecule has 94 valence electrons. The molecule has 2 aromatic rings. The summed E-state index contributed by atoms with van der Waals surface area (Å²) in [7, 11) is 0. The van der Waals surface area contributed by atoms with Gasteiger partial charge in [-0.3, -0.25) is 0 Å². The van der Waals surface area contributed by atoms with E-state index in [0.717, 1.165) is 15.4 Å². The summed E-state index contributed by atoms with van der Waals surface area (Å²) >= 11 is 4.95. The van der Waals surface area contributed by atoms with E-state index in [1.807, 2.05) is 5.38 Å². The average Bonchev–Trinajstić information content (AvgIpc) is 3.02. The first-order valence-electron chi connectivity index (χ1n) is 6.04. The SMILES string of the molecule is Brc1csc(Nc2ccc(N3CCCC3)cc2)n1. The third-order valence-corrected chi connectivity index (χ3v) is 4.53. The monoisotopic (exact) mass is 323 g/mol. The third kappa shape index (κ3) is 2.67. The molecule has 2 heterocycles. The maximum atomic E-state index is 4.32. The van der Waals surface area contributed by atoms with Crippen LogP contribution in [0.1, 0.15) is 12.8 Å². The van der Waals surface area contributed by atoms with Gasteiger partial charge >= 0.3 is 0 Å².